The first-order valence-electron chi connectivity index (χ1n) is 7.73. The van der Waals surface area contributed by atoms with Crippen LogP contribution in [0.5, 0.6) is 0 Å². The summed E-state index contributed by atoms with van der Waals surface area (Å²) in [6.07, 6.45) is 3.16. The Labute approximate surface area is 129 Å². The predicted octanol–water partition coefficient (Wildman–Crippen LogP) is 2.51. The van der Waals surface area contributed by atoms with E-state index in [9.17, 15) is 4.79 Å². The minimum Gasteiger partial charge on any atom is -0.431 e. The van der Waals surface area contributed by atoms with E-state index in [1.165, 1.54) is 0 Å². The molecule has 1 aliphatic rings. The third kappa shape index (κ3) is 2.90. The molecule has 0 saturated heterocycles. The summed E-state index contributed by atoms with van der Waals surface area (Å²) in [6.45, 7) is 2.40. The first kappa shape index (κ1) is 14.8. The van der Waals surface area contributed by atoms with Crippen molar-refractivity contribution in [2.45, 2.75) is 32.2 Å². The normalized spacial score (nSPS) is 21.0. The molecule has 1 aromatic carbocycles. The first-order valence-corrected chi connectivity index (χ1v) is 7.73. The maximum Gasteiger partial charge on any atom is 0.289 e. The van der Waals surface area contributed by atoms with Gasteiger partial charge in [0.25, 0.3) is 5.91 Å². The number of hydrogen-bond donors (Lipinski definition) is 2. The van der Waals surface area contributed by atoms with E-state index in [2.05, 4.69) is 10.3 Å². The van der Waals surface area contributed by atoms with E-state index in [1.807, 2.05) is 30.3 Å². The molecule has 5 heteroatoms. The summed E-state index contributed by atoms with van der Waals surface area (Å²) in [7, 11) is 0. The second kappa shape index (κ2) is 6.32. The van der Waals surface area contributed by atoms with Crippen LogP contribution in [0.1, 0.15) is 35.5 Å². The largest absolute Gasteiger partial charge is 0.431 e. The van der Waals surface area contributed by atoms with Crippen molar-refractivity contribution in [2.24, 2.45) is 11.7 Å². The highest BCUT2D eigenvalue weighted by Gasteiger charge is 2.29. The Morgan fingerprint density at radius 2 is 2.14 bits per heavy atom. The van der Waals surface area contributed by atoms with Gasteiger partial charge in [-0.25, -0.2) is 4.98 Å². The highest BCUT2D eigenvalue weighted by molar-refractivity contribution is 5.93. The van der Waals surface area contributed by atoms with Crippen LogP contribution in [0.15, 0.2) is 34.7 Å². The number of benzene rings is 1. The maximum atomic E-state index is 12.4. The van der Waals surface area contributed by atoms with E-state index in [0.717, 1.165) is 24.8 Å². The molecule has 3 rings (SSSR count). The number of nitrogens with two attached hydrogens (primary N) is 1. The van der Waals surface area contributed by atoms with Gasteiger partial charge in [-0.2, -0.15) is 0 Å². The SMILES string of the molecule is Cc1nc(-c2ccccc2)oc1C(=O)NC1CCCC1CN. The number of carbonyl (C=O) groups excluding carboxylic acids is 1. The quantitative estimate of drug-likeness (QED) is 0.909. The Morgan fingerprint density at radius 3 is 2.86 bits per heavy atom. The van der Waals surface area contributed by atoms with Crippen molar-refractivity contribution in [1.29, 1.82) is 0 Å². The molecule has 0 aliphatic heterocycles. The van der Waals surface area contributed by atoms with E-state index in [1.54, 1.807) is 6.92 Å². The molecule has 0 radical (unpaired) electrons. The molecule has 5 nitrogen and oxygen atoms in total. The summed E-state index contributed by atoms with van der Waals surface area (Å²) < 4.78 is 5.69. The van der Waals surface area contributed by atoms with Gasteiger partial charge in [0.1, 0.15) is 0 Å². The molecular weight excluding hydrogens is 278 g/mol. The van der Waals surface area contributed by atoms with Gasteiger partial charge >= 0.3 is 0 Å². The van der Waals surface area contributed by atoms with Crippen LogP contribution >= 0.6 is 0 Å². The number of carbonyl (C=O) groups is 1. The molecule has 22 heavy (non-hydrogen) atoms. The third-order valence-electron chi connectivity index (χ3n) is 4.30. The lowest BCUT2D eigenvalue weighted by atomic mass is 10.0. The summed E-state index contributed by atoms with van der Waals surface area (Å²) in [4.78, 5) is 16.8. The topological polar surface area (TPSA) is 81.2 Å². The minimum atomic E-state index is -0.197. The fourth-order valence-electron chi connectivity index (χ4n) is 3.05. The van der Waals surface area contributed by atoms with Crippen molar-refractivity contribution in [3.8, 4) is 11.5 Å². The van der Waals surface area contributed by atoms with Crippen molar-refractivity contribution >= 4 is 5.91 Å². The van der Waals surface area contributed by atoms with Crippen molar-refractivity contribution in [3.05, 3.63) is 41.8 Å². The number of nitrogens with one attached hydrogen (secondary N) is 1. The molecule has 1 aromatic heterocycles. The van der Waals surface area contributed by atoms with Gasteiger partial charge in [-0.3, -0.25) is 4.79 Å². The second-order valence-electron chi connectivity index (χ2n) is 5.81. The zero-order chi connectivity index (χ0) is 15.5. The van der Waals surface area contributed by atoms with Crippen LogP contribution in [-0.4, -0.2) is 23.5 Å². The molecule has 2 aromatic rings. The van der Waals surface area contributed by atoms with Crippen molar-refractivity contribution in [3.63, 3.8) is 0 Å². The number of nitrogens with zero attached hydrogens (tertiary/aromatic N) is 1. The van der Waals surface area contributed by atoms with Crippen LogP contribution in [0.2, 0.25) is 0 Å². The van der Waals surface area contributed by atoms with Crippen LogP contribution in [0.4, 0.5) is 0 Å². The summed E-state index contributed by atoms with van der Waals surface area (Å²) >= 11 is 0. The Kier molecular flexibility index (Phi) is 4.24. The van der Waals surface area contributed by atoms with Crippen LogP contribution in [0.25, 0.3) is 11.5 Å². The standard InChI is InChI=1S/C17H21N3O2/c1-11-15(16(21)20-14-9-5-8-13(14)10-18)22-17(19-11)12-6-3-2-4-7-12/h2-4,6-7,13-14H,5,8-10,18H2,1H3,(H,20,21). The number of hydrogen-bond acceptors (Lipinski definition) is 4. The zero-order valence-electron chi connectivity index (χ0n) is 12.7. The van der Waals surface area contributed by atoms with Crippen molar-refractivity contribution < 1.29 is 9.21 Å². The molecule has 1 amide bonds. The predicted molar refractivity (Wildman–Crippen MR) is 84.3 cm³/mol. The van der Waals surface area contributed by atoms with E-state index in [4.69, 9.17) is 10.2 Å². The Hall–Kier alpha value is -2.14. The van der Waals surface area contributed by atoms with Gasteiger partial charge in [-0.05, 0) is 44.4 Å². The molecule has 0 bridgehead atoms. The van der Waals surface area contributed by atoms with Crippen LogP contribution in [-0.2, 0) is 0 Å². The average Bonchev–Trinajstić information content (AvgIpc) is 3.14. The fourth-order valence-corrected chi connectivity index (χ4v) is 3.05. The van der Waals surface area contributed by atoms with E-state index < -0.39 is 0 Å². The van der Waals surface area contributed by atoms with Crippen molar-refractivity contribution in [1.82, 2.24) is 10.3 Å². The number of amides is 1. The monoisotopic (exact) mass is 299 g/mol. The van der Waals surface area contributed by atoms with Gasteiger partial charge in [0, 0.05) is 11.6 Å². The highest BCUT2D eigenvalue weighted by Crippen LogP contribution is 2.26. The molecule has 116 valence electrons. The zero-order valence-corrected chi connectivity index (χ0v) is 12.7. The van der Waals surface area contributed by atoms with E-state index in [-0.39, 0.29) is 11.9 Å². The Balaban J connectivity index is 1.77. The van der Waals surface area contributed by atoms with Crippen LogP contribution in [0, 0.1) is 12.8 Å². The number of aryl methyl sites for hydroxylation is 1. The third-order valence-corrected chi connectivity index (χ3v) is 4.30. The average molecular weight is 299 g/mol. The van der Waals surface area contributed by atoms with E-state index in [0.29, 0.717) is 29.8 Å². The highest BCUT2D eigenvalue weighted by atomic mass is 16.4. The van der Waals surface area contributed by atoms with Gasteiger partial charge in [0.05, 0.1) is 5.69 Å². The van der Waals surface area contributed by atoms with Gasteiger partial charge in [-0.1, -0.05) is 24.6 Å². The summed E-state index contributed by atoms with van der Waals surface area (Å²) in [6, 6.07) is 9.72. The molecular formula is C17H21N3O2. The fraction of sp³-hybridized carbons (Fsp3) is 0.412. The lowest BCUT2D eigenvalue weighted by Crippen LogP contribution is -2.39. The molecule has 1 aliphatic carbocycles. The van der Waals surface area contributed by atoms with Crippen molar-refractivity contribution in [2.75, 3.05) is 6.54 Å². The van der Waals surface area contributed by atoms with Crippen LogP contribution < -0.4 is 11.1 Å². The Bertz CT molecular complexity index is 651. The maximum absolute atomic E-state index is 12.4. The minimum absolute atomic E-state index is 0.141. The lowest BCUT2D eigenvalue weighted by molar-refractivity contribution is 0.0900. The van der Waals surface area contributed by atoms with Gasteiger partial charge < -0.3 is 15.5 Å². The molecule has 0 spiro atoms. The smallest absolute Gasteiger partial charge is 0.289 e. The molecule has 2 unspecified atom stereocenters. The number of oxazole rings is 1. The van der Waals surface area contributed by atoms with Gasteiger partial charge in [0.15, 0.2) is 0 Å². The van der Waals surface area contributed by atoms with Gasteiger partial charge in [0.2, 0.25) is 11.7 Å². The Morgan fingerprint density at radius 1 is 1.36 bits per heavy atom. The number of aromatic nitrogens is 1. The lowest BCUT2D eigenvalue weighted by Gasteiger charge is -2.18. The first-order chi connectivity index (χ1) is 10.7. The second-order valence-corrected chi connectivity index (χ2v) is 5.81. The molecule has 3 N–H and O–H groups in total. The molecule has 1 saturated carbocycles. The molecule has 2 atom stereocenters. The molecule has 1 heterocycles. The van der Waals surface area contributed by atoms with Crippen LogP contribution in [0.3, 0.4) is 0 Å². The summed E-state index contributed by atoms with van der Waals surface area (Å²) in [5.74, 6) is 0.935. The number of rotatable bonds is 4. The molecule has 1 fully saturated rings. The summed E-state index contributed by atoms with van der Waals surface area (Å²) in [5.41, 5.74) is 7.24. The summed E-state index contributed by atoms with van der Waals surface area (Å²) in [5, 5.41) is 3.05. The van der Waals surface area contributed by atoms with E-state index >= 15 is 0 Å². The van der Waals surface area contributed by atoms with Gasteiger partial charge in [-0.15, -0.1) is 0 Å².